The first-order valence-corrected chi connectivity index (χ1v) is 6.16. The highest BCUT2D eigenvalue weighted by Gasteiger charge is 2.61. The summed E-state index contributed by atoms with van der Waals surface area (Å²) in [6.45, 7) is 0.423. The number of amides is 1. The Morgan fingerprint density at radius 1 is 1.68 bits per heavy atom. The zero-order valence-electron chi connectivity index (χ0n) is 11.3. The smallest absolute Gasteiger partial charge is 0.268 e. The minimum absolute atomic E-state index is 0.426. The number of ether oxygens (including phenoxy) is 1. The van der Waals surface area contributed by atoms with E-state index in [-0.39, 0.29) is 0 Å². The Bertz CT molecular complexity index is 534. The normalized spacial score (nSPS) is 34.7. The molecule has 0 aromatic carbocycles. The van der Waals surface area contributed by atoms with Crippen LogP contribution in [0.3, 0.4) is 0 Å². The molecule has 0 radical (unpaired) electrons. The maximum Gasteiger partial charge on any atom is 0.268 e. The first-order valence-electron chi connectivity index (χ1n) is 5.78. The van der Waals surface area contributed by atoms with E-state index in [0.717, 1.165) is 0 Å². The highest BCUT2D eigenvalue weighted by molar-refractivity contribution is 6.29. The largest absolute Gasteiger partial charge is 0.393 e. The number of aliphatic hydroxyl groups is 2. The fourth-order valence-electron chi connectivity index (χ4n) is 1.77. The van der Waals surface area contributed by atoms with Gasteiger partial charge in [0, 0.05) is 4.91 Å². The van der Waals surface area contributed by atoms with Crippen LogP contribution in [0, 0.1) is 5.41 Å². The second-order valence-electron chi connectivity index (χ2n) is 4.44. The summed E-state index contributed by atoms with van der Waals surface area (Å²) in [5, 5.41) is 40.3. The number of carbonyl (C=O) groups excluding carboxylic acids is 1. The van der Waals surface area contributed by atoms with E-state index in [1.54, 1.807) is 5.48 Å². The summed E-state index contributed by atoms with van der Waals surface area (Å²) in [7, 11) is 0. The third-order valence-corrected chi connectivity index (χ3v) is 3.32. The summed E-state index contributed by atoms with van der Waals surface area (Å²) in [5.74, 6) is -1.43. The Morgan fingerprint density at radius 2 is 2.32 bits per heavy atom. The van der Waals surface area contributed by atoms with Crippen LogP contribution in [0.25, 0.3) is 10.4 Å². The molecule has 0 aromatic rings. The predicted octanol–water partition coefficient (Wildman–Crippen LogP) is -1.20. The molecule has 22 heavy (non-hydrogen) atoms. The van der Waals surface area contributed by atoms with E-state index < -0.39 is 41.4 Å². The number of halogens is 1. The van der Waals surface area contributed by atoms with Crippen LogP contribution in [0.5, 0.6) is 0 Å². The van der Waals surface area contributed by atoms with Crippen LogP contribution in [0.1, 0.15) is 6.92 Å². The number of guanidine groups is 1. The molecule has 1 saturated heterocycles. The van der Waals surface area contributed by atoms with E-state index in [1.165, 1.54) is 6.92 Å². The maximum absolute atomic E-state index is 11.1. The Morgan fingerprint density at radius 3 is 2.77 bits per heavy atom. The Hall–Kier alpha value is -1.95. The molecule has 13 heteroatoms. The average Bonchev–Trinajstić information content (AvgIpc) is 2.68. The third kappa shape index (κ3) is 3.27. The van der Waals surface area contributed by atoms with Gasteiger partial charge in [-0.2, -0.15) is 0 Å². The highest BCUT2D eigenvalue weighted by atomic mass is 35.5. The molecule has 1 heterocycles. The zero-order valence-corrected chi connectivity index (χ0v) is 12.0. The summed E-state index contributed by atoms with van der Waals surface area (Å²) in [4.78, 5) is 15.6. The van der Waals surface area contributed by atoms with Crippen LogP contribution in [-0.4, -0.2) is 63.0 Å². The van der Waals surface area contributed by atoms with Gasteiger partial charge in [0.05, 0.1) is 12.8 Å². The van der Waals surface area contributed by atoms with Crippen LogP contribution in [-0.2, 0) is 9.53 Å². The number of alkyl halides is 1. The molecule has 0 spiro atoms. The van der Waals surface area contributed by atoms with Crippen LogP contribution < -0.4 is 10.8 Å². The molecule has 1 rings (SSSR count). The first kappa shape index (κ1) is 18.1. The van der Waals surface area contributed by atoms with Gasteiger partial charge in [-0.15, -0.1) is 11.6 Å². The monoisotopic (exact) mass is 335 g/mol. The van der Waals surface area contributed by atoms with Gasteiger partial charge >= 0.3 is 0 Å². The number of hydrogen-bond acceptors (Lipinski definition) is 8. The van der Waals surface area contributed by atoms with Crippen LogP contribution in [0.4, 0.5) is 0 Å². The van der Waals surface area contributed by atoms with Gasteiger partial charge in [-0.3, -0.25) is 15.3 Å². The minimum Gasteiger partial charge on any atom is -0.393 e. The van der Waals surface area contributed by atoms with E-state index >= 15 is 0 Å². The fourth-order valence-corrected chi connectivity index (χ4v) is 2.03. The number of aliphatic hydroxyl groups excluding tert-OH is 2. The SMILES string of the molecule is C[C@]1(Cl)[C@H](N=C(NO)NC(=O)C=N)O[C@@](CO)(N=[N+]=[N-])[C@H]1O. The minimum atomic E-state index is -2.06. The van der Waals surface area contributed by atoms with Gasteiger partial charge in [-0.1, -0.05) is 5.11 Å². The van der Waals surface area contributed by atoms with Crippen molar-refractivity contribution in [3.63, 3.8) is 0 Å². The van der Waals surface area contributed by atoms with Gasteiger partial charge in [0.25, 0.3) is 5.91 Å². The molecule has 1 aliphatic rings. The van der Waals surface area contributed by atoms with E-state index in [2.05, 4.69) is 15.0 Å². The third-order valence-electron chi connectivity index (χ3n) is 2.93. The summed E-state index contributed by atoms with van der Waals surface area (Å²) in [6.07, 6.45) is -2.60. The second kappa shape index (κ2) is 6.87. The van der Waals surface area contributed by atoms with Gasteiger partial charge in [0.15, 0.2) is 12.0 Å². The van der Waals surface area contributed by atoms with Crippen molar-refractivity contribution in [2.45, 2.75) is 29.9 Å². The topological polar surface area (TPSA) is 196 Å². The number of nitrogens with one attached hydrogen (secondary N) is 3. The molecule has 0 unspecified atom stereocenters. The van der Waals surface area contributed by atoms with Crippen molar-refractivity contribution in [2.75, 3.05) is 6.61 Å². The van der Waals surface area contributed by atoms with Crippen molar-refractivity contribution >= 4 is 29.7 Å². The van der Waals surface area contributed by atoms with Crippen LogP contribution in [0.2, 0.25) is 0 Å². The van der Waals surface area contributed by atoms with Crippen LogP contribution >= 0.6 is 11.6 Å². The van der Waals surface area contributed by atoms with E-state index in [4.69, 9.17) is 32.5 Å². The summed E-state index contributed by atoms with van der Waals surface area (Å²) >= 11 is 6.11. The molecule has 0 saturated carbocycles. The van der Waals surface area contributed by atoms with Crippen molar-refractivity contribution in [3.05, 3.63) is 10.4 Å². The van der Waals surface area contributed by atoms with E-state index in [0.29, 0.717) is 6.21 Å². The van der Waals surface area contributed by atoms with Gasteiger partial charge < -0.3 is 20.4 Å². The van der Waals surface area contributed by atoms with Gasteiger partial charge in [-0.05, 0) is 12.5 Å². The number of nitrogens with zero attached hydrogens (tertiary/aromatic N) is 4. The van der Waals surface area contributed by atoms with Crippen molar-refractivity contribution in [2.24, 2.45) is 10.1 Å². The summed E-state index contributed by atoms with van der Waals surface area (Å²) in [5.41, 5.74) is 8.01. The lowest BCUT2D eigenvalue weighted by Crippen LogP contribution is -2.48. The van der Waals surface area contributed by atoms with E-state index in [9.17, 15) is 15.0 Å². The second-order valence-corrected chi connectivity index (χ2v) is 5.25. The fraction of sp³-hybridized carbons (Fsp3) is 0.667. The molecule has 1 fully saturated rings. The number of aliphatic imine (C=N–C) groups is 1. The molecular formula is C9H14ClN7O5. The molecule has 4 atom stereocenters. The van der Waals surface area contributed by atoms with Gasteiger partial charge in [-0.25, -0.2) is 10.5 Å². The number of azide groups is 1. The van der Waals surface area contributed by atoms with Crippen molar-refractivity contribution in [1.29, 1.82) is 5.41 Å². The molecule has 12 nitrogen and oxygen atoms in total. The molecular weight excluding hydrogens is 322 g/mol. The lowest BCUT2D eigenvalue weighted by Gasteiger charge is -2.26. The number of rotatable bonds is 4. The quantitative estimate of drug-likeness (QED) is 0.0709. The first-order chi connectivity index (χ1) is 10.3. The summed E-state index contributed by atoms with van der Waals surface area (Å²) < 4.78 is 5.21. The molecule has 1 amide bonds. The lowest BCUT2D eigenvalue weighted by atomic mass is 9.97. The average molecular weight is 336 g/mol. The van der Waals surface area contributed by atoms with Crippen molar-refractivity contribution < 1.29 is 25.0 Å². The molecule has 1 aliphatic heterocycles. The highest BCUT2D eigenvalue weighted by Crippen LogP contribution is 2.44. The summed E-state index contributed by atoms with van der Waals surface area (Å²) in [6, 6.07) is 0. The Labute approximate surface area is 128 Å². The number of carbonyl (C=O) groups is 1. The Kier molecular flexibility index (Phi) is 5.65. The van der Waals surface area contributed by atoms with E-state index in [1.807, 2.05) is 5.32 Å². The molecule has 6 N–H and O–H groups in total. The number of hydroxylamine groups is 1. The zero-order chi connectivity index (χ0) is 17.0. The maximum atomic E-state index is 11.1. The Balaban J connectivity index is 3.16. The molecule has 0 aromatic heterocycles. The van der Waals surface area contributed by atoms with Crippen molar-refractivity contribution in [1.82, 2.24) is 10.8 Å². The molecule has 0 bridgehead atoms. The number of hydrogen-bond donors (Lipinski definition) is 6. The lowest BCUT2D eigenvalue weighted by molar-refractivity contribution is -0.113. The van der Waals surface area contributed by atoms with Gasteiger partial charge in [0.2, 0.25) is 5.96 Å². The van der Waals surface area contributed by atoms with Gasteiger partial charge in [0.1, 0.15) is 11.0 Å². The molecule has 0 aliphatic carbocycles. The standard InChI is InChI=1S/C9H14ClN7O5/c1-8(10)5(20)9(3-18,16-17-12)22-6(8)14-7(15-21)13-4(19)2-11/h2,5-6,11,18,20-21H,3H2,1H3,(H2,13,14,15,19)/t5-,6+,8+,9+/m0/s1. The predicted molar refractivity (Wildman–Crippen MR) is 73.4 cm³/mol. The molecule has 122 valence electrons. The van der Waals surface area contributed by atoms with Crippen molar-refractivity contribution in [3.8, 4) is 0 Å². The van der Waals surface area contributed by atoms with Crippen LogP contribution in [0.15, 0.2) is 10.1 Å².